The van der Waals surface area contributed by atoms with Crippen molar-refractivity contribution in [2.24, 2.45) is 5.41 Å². The average Bonchev–Trinajstić information content (AvgIpc) is 2.69. The number of amides is 1. The van der Waals surface area contributed by atoms with Crippen molar-refractivity contribution >= 4 is 22.5 Å². The number of anilines is 1. The Balaban J connectivity index is 2.22. The summed E-state index contributed by atoms with van der Waals surface area (Å²) in [4.78, 5) is 25.5. The molecule has 0 bridgehead atoms. The standard InChI is InChI=1S/C20H26N2O4/c1-20(2,3)19(24)21-14-12-13-8-9-15(25-4)17-16(13)22(18(14)23)10-6-5-7-11-26-17/h8-9,12H,5-7,10-11H2,1-4H3,(H,21,24). The minimum Gasteiger partial charge on any atom is -0.493 e. The van der Waals surface area contributed by atoms with Gasteiger partial charge in [-0.2, -0.15) is 0 Å². The topological polar surface area (TPSA) is 69.6 Å². The Morgan fingerprint density at radius 2 is 2.00 bits per heavy atom. The van der Waals surface area contributed by atoms with Crippen LogP contribution in [0.1, 0.15) is 40.0 Å². The Morgan fingerprint density at radius 3 is 2.69 bits per heavy atom. The third-order valence-corrected chi connectivity index (χ3v) is 4.59. The van der Waals surface area contributed by atoms with Crippen LogP contribution in [0, 0.1) is 5.41 Å². The van der Waals surface area contributed by atoms with Gasteiger partial charge in [0.1, 0.15) is 5.69 Å². The van der Waals surface area contributed by atoms with Crippen molar-refractivity contribution in [3.8, 4) is 11.5 Å². The summed E-state index contributed by atoms with van der Waals surface area (Å²) >= 11 is 0. The zero-order valence-corrected chi connectivity index (χ0v) is 15.8. The largest absolute Gasteiger partial charge is 0.493 e. The summed E-state index contributed by atoms with van der Waals surface area (Å²) < 4.78 is 13.1. The molecule has 140 valence electrons. The number of hydrogen-bond donors (Lipinski definition) is 1. The van der Waals surface area contributed by atoms with Crippen LogP contribution in [0.15, 0.2) is 23.0 Å². The van der Waals surface area contributed by atoms with Crippen molar-refractivity contribution in [2.45, 2.75) is 46.6 Å². The molecule has 3 rings (SSSR count). The predicted octanol–water partition coefficient (Wildman–Crippen LogP) is 3.56. The number of pyridine rings is 1. The van der Waals surface area contributed by atoms with Gasteiger partial charge in [-0.05, 0) is 37.5 Å². The van der Waals surface area contributed by atoms with Gasteiger partial charge in [0, 0.05) is 17.3 Å². The number of methoxy groups -OCH3 is 1. The maximum Gasteiger partial charge on any atom is 0.274 e. The fraction of sp³-hybridized carbons (Fsp3) is 0.500. The summed E-state index contributed by atoms with van der Waals surface area (Å²) in [5.41, 5.74) is 0.233. The van der Waals surface area contributed by atoms with Crippen molar-refractivity contribution in [2.75, 3.05) is 19.0 Å². The molecule has 0 saturated carbocycles. The molecule has 1 N–H and O–H groups in total. The average molecular weight is 358 g/mol. The molecule has 0 atom stereocenters. The van der Waals surface area contributed by atoms with Crippen LogP contribution >= 0.6 is 0 Å². The molecule has 1 aromatic heterocycles. The highest BCUT2D eigenvalue weighted by Crippen LogP contribution is 2.36. The van der Waals surface area contributed by atoms with Gasteiger partial charge in [-0.3, -0.25) is 9.59 Å². The monoisotopic (exact) mass is 358 g/mol. The first-order valence-corrected chi connectivity index (χ1v) is 9.01. The molecule has 1 aliphatic heterocycles. The second-order valence-electron chi connectivity index (χ2n) is 7.66. The SMILES string of the molecule is COc1ccc2cc(NC(=O)C(C)(C)C)c(=O)n3c2c1OCCCCC3. The molecule has 0 saturated heterocycles. The fourth-order valence-corrected chi connectivity index (χ4v) is 3.06. The molecule has 26 heavy (non-hydrogen) atoms. The maximum atomic E-state index is 13.1. The molecule has 2 heterocycles. The fourth-order valence-electron chi connectivity index (χ4n) is 3.06. The first-order valence-electron chi connectivity index (χ1n) is 9.01. The minimum absolute atomic E-state index is 0.185. The van der Waals surface area contributed by atoms with Gasteiger partial charge in [0.2, 0.25) is 5.91 Å². The lowest BCUT2D eigenvalue weighted by atomic mass is 9.95. The first kappa shape index (κ1) is 18.3. The molecular weight excluding hydrogens is 332 g/mol. The Morgan fingerprint density at radius 1 is 1.23 bits per heavy atom. The summed E-state index contributed by atoms with van der Waals surface area (Å²) in [7, 11) is 1.59. The van der Waals surface area contributed by atoms with Crippen LogP contribution in [0.4, 0.5) is 5.69 Å². The molecule has 1 amide bonds. The summed E-state index contributed by atoms with van der Waals surface area (Å²) in [6.45, 7) is 6.63. The molecule has 6 nitrogen and oxygen atoms in total. The van der Waals surface area contributed by atoms with Crippen LogP contribution in [0.25, 0.3) is 10.9 Å². The highest BCUT2D eigenvalue weighted by atomic mass is 16.5. The van der Waals surface area contributed by atoms with E-state index in [-0.39, 0.29) is 11.5 Å². The van der Waals surface area contributed by atoms with E-state index in [2.05, 4.69) is 5.32 Å². The number of aromatic nitrogens is 1. The first-order chi connectivity index (χ1) is 12.3. The molecule has 0 unspecified atom stereocenters. The van der Waals surface area contributed by atoms with E-state index >= 15 is 0 Å². The molecule has 1 aliphatic rings. The van der Waals surface area contributed by atoms with Gasteiger partial charge in [0.05, 0.1) is 19.2 Å². The lowest BCUT2D eigenvalue weighted by Crippen LogP contribution is -2.32. The number of nitrogens with one attached hydrogen (secondary N) is 1. The third-order valence-electron chi connectivity index (χ3n) is 4.59. The molecule has 1 aromatic carbocycles. The number of benzene rings is 1. The van der Waals surface area contributed by atoms with Crippen LogP contribution in [0.5, 0.6) is 11.5 Å². The molecule has 6 heteroatoms. The normalized spacial score (nSPS) is 14.8. The Hall–Kier alpha value is -2.50. The molecular formula is C20H26N2O4. The number of aryl methyl sites for hydroxylation is 1. The minimum atomic E-state index is -0.580. The second-order valence-corrected chi connectivity index (χ2v) is 7.66. The van der Waals surface area contributed by atoms with Gasteiger partial charge >= 0.3 is 0 Å². The number of carbonyl (C=O) groups is 1. The lowest BCUT2D eigenvalue weighted by Gasteiger charge is -2.20. The van der Waals surface area contributed by atoms with Crippen LogP contribution < -0.4 is 20.3 Å². The van der Waals surface area contributed by atoms with Gasteiger partial charge in [-0.25, -0.2) is 0 Å². The van der Waals surface area contributed by atoms with Gasteiger partial charge in [-0.15, -0.1) is 0 Å². The van der Waals surface area contributed by atoms with E-state index in [0.717, 1.165) is 30.2 Å². The van der Waals surface area contributed by atoms with Gasteiger partial charge in [0.25, 0.3) is 5.56 Å². The van der Waals surface area contributed by atoms with Crippen LogP contribution in [-0.2, 0) is 11.3 Å². The van der Waals surface area contributed by atoms with Gasteiger partial charge in [0.15, 0.2) is 11.5 Å². The number of rotatable bonds is 2. The summed E-state index contributed by atoms with van der Waals surface area (Å²) in [6.07, 6.45) is 2.78. The zero-order chi connectivity index (χ0) is 18.9. The van der Waals surface area contributed by atoms with Gasteiger partial charge < -0.3 is 19.4 Å². The predicted molar refractivity (Wildman–Crippen MR) is 102 cm³/mol. The molecule has 0 radical (unpaired) electrons. The van der Waals surface area contributed by atoms with E-state index in [1.807, 2.05) is 32.9 Å². The van der Waals surface area contributed by atoms with Crippen molar-refractivity contribution < 1.29 is 14.3 Å². The number of nitrogens with zero attached hydrogens (tertiary/aromatic N) is 1. The van der Waals surface area contributed by atoms with Crippen LogP contribution in [0.3, 0.4) is 0 Å². The van der Waals surface area contributed by atoms with E-state index in [1.54, 1.807) is 17.7 Å². The number of carbonyl (C=O) groups excluding carboxylic acids is 1. The number of hydrogen-bond acceptors (Lipinski definition) is 4. The quantitative estimate of drug-likeness (QED) is 0.891. The summed E-state index contributed by atoms with van der Waals surface area (Å²) in [6, 6.07) is 5.45. The Labute approximate surface area is 153 Å². The summed E-state index contributed by atoms with van der Waals surface area (Å²) in [5, 5.41) is 3.64. The zero-order valence-electron chi connectivity index (χ0n) is 15.8. The summed E-state index contributed by atoms with van der Waals surface area (Å²) in [5.74, 6) is 1.02. The van der Waals surface area contributed by atoms with E-state index in [9.17, 15) is 9.59 Å². The van der Waals surface area contributed by atoms with Crippen LogP contribution in [0.2, 0.25) is 0 Å². The maximum absolute atomic E-state index is 13.1. The highest BCUT2D eigenvalue weighted by Gasteiger charge is 2.24. The second kappa shape index (κ2) is 7.02. The Kier molecular flexibility index (Phi) is 4.94. The number of ether oxygens (including phenoxy) is 2. The smallest absolute Gasteiger partial charge is 0.274 e. The van der Waals surface area contributed by atoms with Crippen LogP contribution in [-0.4, -0.2) is 24.2 Å². The van der Waals surface area contributed by atoms with E-state index in [0.29, 0.717) is 30.3 Å². The molecule has 0 aliphatic carbocycles. The van der Waals surface area contributed by atoms with E-state index in [1.165, 1.54) is 0 Å². The highest BCUT2D eigenvalue weighted by molar-refractivity contribution is 5.97. The van der Waals surface area contributed by atoms with Gasteiger partial charge in [-0.1, -0.05) is 20.8 Å². The molecule has 0 fully saturated rings. The van der Waals surface area contributed by atoms with Crippen molar-refractivity contribution in [3.63, 3.8) is 0 Å². The van der Waals surface area contributed by atoms with Crippen molar-refractivity contribution in [1.29, 1.82) is 0 Å². The Bertz CT molecular complexity index is 893. The van der Waals surface area contributed by atoms with Crippen molar-refractivity contribution in [3.05, 3.63) is 28.6 Å². The molecule has 2 aromatic rings. The van der Waals surface area contributed by atoms with E-state index in [4.69, 9.17) is 9.47 Å². The van der Waals surface area contributed by atoms with E-state index < -0.39 is 5.41 Å². The van der Waals surface area contributed by atoms with Crippen molar-refractivity contribution in [1.82, 2.24) is 4.57 Å². The lowest BCUT2D eigenvalue weighted by molar-refractivity contribution is -0.123. The third kappa shape index (κ3) is 3.41. The molecule has 0 spiro atoms.